The summed E-state index contributed by atoms with van der Waals surface area (Å²) in [6.07, 6.45) is 8.39. The fraction of sp³-hybridized carbons (Fsp3) is 0.583. The molecular weight excluding hydrogens is 252 g/mol. The smallest absolute Gasteiger partial charge is 0.243 e. The Morgan fingerprint density at radius 1 is 1.33 bits per heavy atom. The molecule has 1 saturated carbocycles. The number of fused-ring (bicyclic) bond motifs is 1. The molecule has 18 heavy (non-hydrogen) atoms. The molecule has 5 nitrogen and oxygen atoms in total. The van der Waals surface area contributed by atoms with Crippen molar-refractivity contribution in [1.29, 1.82) is 0 Å². The molecule has 2 aliphatic rings. The Hall–Kier alpha value is -1.36. The molecule has 0 atom stereocenters. The number of anilines is 2. The molecule has 2 heterocycles. The Labute approximate surface area is 111 Å². The zero-order valence-electron chi connectivity index (χ0n) is 10.0. The third-order valence-corrected chi connectivity index (χ3v) is 4.08. The lowest BCUT2D eigenvalue weighted by Crippen LogP contribution is -2.34. The van der Waals surface area contributed by atoms with E-state index in [2.05, 4.69) is 14.9 Å². The summed E-state index contributed by atoms with van der Waals surface area (Å²) in [7, 11) is 0. The molecule has 0 spiro atoms. The van der Waals surface area contributed by atoms with Crippen LogP contribution in [0, 0.1) is 0 Å². The van der Waals surface area contributed by atoms with Gasteiger partial charge < -0.3 is 4.90 Å². The van der Waals surface area contributed by atoms with Gasteiger partial charge in [-0.1, -0.05) is 12.8 Å². The predicted molar refractivity (Wildman–Crippen MR) is 69.6 cm³/mol. The molecule has 96 valence electrons. The molecule has 1 aromatic heterocycles. The Bertz CT molecular complexity index is 461. The van der Waals surface area contributed by atoms with Crippen LogP contribution in [0.2, 0.25) is 0 Å². The Kier molecular flexibility index (Phi) is 3.07. The summed E-state index contributed by atoms with van der Waals surface area (Å²) in [5.74, 6) is 0.700. The summed E-state index contributed by atoms with van der Waals surface area (Å²) in [6.45, 7) is 0.691. The highest BCUT2D eigenvalue weighted by Gasteiger charge is 2.31. The molecule has 0 unspecified atom stereocenters. The molecule has 1 amide bonds. The first kappa shape index (κ1) is 11.7. The maximum Gasteiger partial charge on any atom is 0.243 e. The highest BCUT2D eigenvalue weighted by atomic mass is 35.5. The van der Waals surface area contributed by atoms with Crippen LogP contribution < -0.4 is 9.32 Å². The van der Waals surface area contributed by atoms with Crippen molar-refractivity contribution in [2.75, 3.05) is 15.9 Å². The lowest BCUT2D eigenvalue weighted by atomic mass is 10.2. The van der Waals surface area contributed by atoms with Gasteiger partial charge in [0.2, 0.25) is 5.91 Å². The van der Waals surface area contributed by atoms with Crippen molar-refractivity contribution in [3.05, 3.63) is 12.5 Å². The number of carbonyl (C=O) groups is 1. The SMILES string of the molecule is O=C1CCN(C2CCCC2)c2ncncc2N1Cl. The van der Waals surface area contributed by atoms with Crippen LogP contribution in [0.4, 0.5) is 11.5 Å². The Balaban J connectivity index is 2.00. The van der Waals surface area contributed by atoms with Crippen molar-refractivity contribution >= 4 is 29.2 Å². The third kappa shape index (κ3) is 1.92. The van der Waals surface area contributed by atoms with Crippen LogP contribution >= 0.6 is 11.8 Å². The quantitative estimate of drug-likeness (QED) is 0.731. The summed E-state index contributed by atoms with van der Waals surface area (Å²) in [5.41, 5.74) is 0.605. The van der Waals surface area contributed by atoms with Crippen LogP contribution in [0.15, 0.2) is 12.5 Å². The summed E-state index contributed by atoms with van der Waals surface area (Å²) in [6, 6.07) is 0.481. The highest BCUT2D eigenvalue weighted by molar-refractivity contribution is 6.37. The number of rotatable bonds is 1. The standard InChI is InChI=1S/C12H15ClN4O/c13-17-10-7-14-8-15-12(10)16(6-5-11(17)18)9-3-1-2-4-9/h7-9H,1-6H2. The third-order valence-electron chi connectivity index (χ3n) is 3.71. The van der Waals surface area contributed by atoms with Gasteiger partial charge in [0.1, 0.15) is 12.0 Å². The number of amides is 1. The second kappa shape index (κ2) is 4.72. The van der Waals surface area contributed by atoms with E-state index in [0.29, 0.717) is 24.7 Å². The molecule has 6 heteroatoms. The van der Waals surface area contributed by atoms with Gasteiger partial charge in [0.25, 0.3) is 0 Å². The van der Waals surface area contributed by atoms with E-state index in [-0.39, 0.29) is 5.91 Å². The molecule has 0 aromatic carbocycles. The lowest BCUT2D eigenvalue weighted by Gasteiger charge is -2.29. The monoisotopic (exact) mass is 266 g/mol. The van der Waals surface area contributed by atoms with E-state index in [0.717, 1.165) is 10.2 Å². The minimum Gasteiger partial charge on any atom is -0.351 e. The topological polar surface area (TPSA) is 49.3 Å². The van der Waals surface area contributed by atoms with Gasteiger partial charge >= 0.3 is 0 Å². The largest absolute Gasteiger partial charge is 0.351 e. The van der Waals surface area contributed by atoms with E-state index in [1.165, 1.54) is 32.0 Å². The van der Waals surface area contributed by atoms with E-state index < -0.39 is 0 Å². The van der Waals surface area contributed by atoms with Gasteiger partial charge in [0, 0.05) is 30.8 Å². The van der Waals surface area contributed by atoms with E-state index in [1.54, 1.807) is 6.20 Å². The van der Waals surface area contributed by atoms with Crippen molar-refractivity contribution in [2.24, 2.45) is 0 Å². The van der Waals surface area contributed by atoms with Crippen molar-refractivity contribution < 1.29 is 4.79 Å². The van der Waals surface area contributed by atoms with Gasteiger partial charge in [-0.3, -0.25) is 4.79 Å². The maximum absolute atomic E-state index is 11.8. The van der Waals surface area contributed by atoms with Crippen molar-refractivity contribution in [3.8, 4) is 0 Å². The molecule has 0 N–H and O–H groups in total. The molecule has 1 aliphatic heterocycles. The second-order valence-corrected chi connectivity index (χ2v) is 5.13. The van der Waals surface area contributed by atoms with Crippen LogP contribution in [0.5, 0.6) is 0 Å². The number of hydrogen-bond donors (Lipinski definition) is 0. The first-order valence-corrected chi connectivity index (χ1v) is 6.66. The van der Waals surface area contributed by atoms with E-state index in [1.807, 2.05) is 0 Å². The summed E-state index contributed by atoms with van der Waals surface area (Å²) in [4.78, 5) is 22.4. The molecule has 1 fully saturated rings. The molecule has 1 aromatic rings. The summed E-state index contributed by atoms with van der Waals surface area (Å²) in [5, 5.41) is 0. The minimum absolute atomic E-state index is 0.0896. The summed E-state index contributed by atoms with van der Waals surface area (Å²) < 4.78 is 1.16. The normalized spacial score (nSPS) is 21.1. The molecule has 0 bridgehead atoms. The molecule has 0 radical (unpaired) electrons. The zero-order chi connectivity index (χ0) is 12.5. The maximum atomic E-state index is 11.8. The zero-order valence-corrected chi connectivity index (χ0v) is 10.8. The number of carbonyl (C=O) groups excluding carboxylic acids is 1. The van der Waals surface area contributed by atoms with Crippen LogP contribution in [0.1, 0.15) is 32.1 Å². The predicted octanol–water partition coefficient (Wildman–Crippen LogP) is 2.12. The van der Waals surface area contributed by atoms with Crippen LogP contribution in [0.25, 0.3) is 0 Å². The van der Waals surface area contributed by atoms with Gasteiger partial charge in [-0.2, -0.15) is 0 Å². The van der Waals surface area contributed by atoms with E-state index >= 15 is 0 Å². The Morgan fingerprint density at radius 2 is 2.11 bits per heavy atom. The van der Waals surface area contributed by atoms with Crippen molar-refractivity contribution in [1.82, 2.24) is 9.97 Å². The average Bonchev–Trinajstić information content (AvgIpc) is 2.88. The van der Waals surface area contributed by atoms with E-state index in [4.69, 9.17) is 11.8 Å². The molecule has 1 aliphatic carbocycles. The van der Waals surface area contributed by atoms with Crippen LogP contribution in [-0.4, -0.2) is 28.5 Å². The summed E-state index contributed by atoms with van der Waals surface area (Å²) >= 11 is 6.05. The first-order valence-electron chi connectivity index (χ1n) is 6.33. The Morgan fingerprint density at radius 3 is 2.89 bits per heavy atom. The number of nitrogens with zero attached hydrogens (tertiary/aromatic N) is 4. The number of hydrogen-bond acceptors (Lipinski definition) is 4. The van der Waals surface area contributed by atoms with Gasteiger partial charge in [-0.05, 0) is 12.8 Å². The molecule has 3 rings (SSSR count). The van der Waals surface area contributed by atoms with E-state index in [9.17, 15) is 4.79 Å². The van der Waals surface area contributed by atoms with Gasteiger partial charge in [-0.25, -0.2) is 14.4 Å². The number of halogens is 1. The fourth-order valence-electron chi connectivity index (χ4n) is 2.80. The minimum atomic E-state index is -0.0896. The highest BCUT2D eigenvalue weighted by Crippen LogP contribution is 2.35. The molecular formula is C12H15ClN4O. The average molecular weight is 267 g/mol. The van der Waals surface area contributed by atoms with Crippen molar-refractivity contribution in [3.63, 3.8) is 0 Å². The van der Waals surface area contributed by atoms with Gasteiger partial charge in [0.05, 0.1) is 6.20 Å². The van der Waals surface area contributed by atoms with Gasteiger partial charge in [0.15, 0.2) is 5.82 Å². The van der Waals surface area contributed by atoms with Crippen molar-refractivity contribution in [2.45, 2.75) is 38.1 Å². The second-order valence-electron chi connectivity index (χ2n) is 4.79. The first-order chi connectivity index (χ1) is 8.77. The molecule has 0 saturated heterocycles. The van der Waals surface area contributed by atoms with Crippen LogP contribution in [-0.2, 0) is 4.79 Å². The van der Waals surface area contributed by atoms with Crippen LogP contribution in [0.3, 0.4) is 0 Å². The number of aromatic nitrogens is 2. The fourth-order valence-corrected chi connectivity index (χ4v) is 3.01. The lowest BCUT2D eigenvalue weighted by molar-refractivity contribution is -0.117. The van der Waals surface area contributed by atoms with Gasteiger partial charge in [-0.15, -0.1) is 0 Å².